The van der Waals surface area contributed by atoms with Crippen LogP contribution in [0.15, 0.2) is 11.1 Å². The van der Waals surface area contributed by atoms with Gasteiger partial charge in [0.1, 0.15) is 0 Å². The molecule has 0 N–H and O–H groups in total. The average Bonchev–Trinajstić information content (AvgIpc) is 2.98. The largest absolute Gasteiger partial charge is 0.411 e. The van der Waals surface area contributed by atoms with Crippen LogP contribution in [0.5, 0.6) is 0 Å². The van der Waals surface area contributed by atoms with E-state index in [1.807, 2.05) is 0 Å². The Morgan fingerprint density at radius 3 is 1.93 bits per heavy atom. The van der Waals surface area contributed by atoms with E-state index in [0.29, 0.717) is 18.1 Å². The number of fused-ring (bicyclic) bond motifs is 1. The van der Waals surface area contributed by atoms with E-state index in [2.05, 4.69) is 74.7 Å². The molecule has 2 aliphatic rings. The lowest BCUT2D eigenvalue weighted by Gasteiger charge is -2.43. The molecular weight excluding hydrogens is 392 g/mol. The summed E-state index contributed by atoms with van der Waals surface area (Å²) in [5, 5.41) is 0.306. The molecule has 0 aromatic rings. The van der Waals surface area contributed by atoms with Crippen molar-refractivity contribution in [3.05, 3.63) is 11.1 Å². The zero-order chi connectivity index (χ0) is 22.4. The summed E-state index contributed by atoms with van der Waals surface area (Å²) in [6, 6.07) is 0. The molecule has 2 rings (SSSR count). The van der Waals surface area contributed by atoms with Gasteiger partial charge in [-0.05, 0) is 72.6 Å². The van der Waals surface area contributed by atoms with E-state index < -0.39 is 16.6 Å². The van der Waals surface area contributed by atoms with Crippen molar-refractivity contribution in [3.8, 4) is 0 Å². The van der Waals surface area contributed by atoms with Crippen molar-refractivity contribution >= 4 is 22.4 Å². The molecule has 0 saturated heterocycles. The zero-order valence-electron chi connectivity index (χ0n) is 21.0. The fourth-order valence-corrected chi connectivity index (χ4v) is 6.62. The number of allylic oxidation sites excluding steroid dienone is 1. The fourth-order valence-electron chi connectivity index (χ4n) is 4.02. The van der Waals surface area contributed by atoms with Gasteiger partial charge in [-0.25, -0.2) is 0 Å². The summed E-state index contributed by atoms with van der Waals surface area (Å²) in [7, 11) is -3.90. The third-order valence-corrected chi connectivity index (χ3v) is 16.9. The van der Waals surface area contributed by atoms with Crippen LogP contribution in [0.25, 0.3) is 0 Å². The molecule has 1 fully saturated rings. The number of carbonyl (C=O) groups excluding carboxylic acids is 1. The van der Waals surface area contributed by atoms with Gasteiger partial charge in [0.15, 0.2) is 22.4 Å². The van der Waals surface area contributed by atoms with Gasteiger partial charge in [-0.15, -0.1) is 0 Å². The van der Waals surface area contributed by atoms with Crippen LogP contribution in [0.2, 0.25) is 36.3 Å². The Balaban J connectivity index is 2.45. The molecule has 0 bridgehead atoms. The quantitative estimate of drug-likeness (QED) is 0.393. The number of carbonyl (C=O) groups is 1. The Morgan fingerprint density at radius 1 is 0.931 bits per heavy atom. The SMILES string of the molecule is CCCCC1=C2[C@H](CC1=O)C[C@H](O[Si](C)(C)C(C)(C)C)[C@H]2O[Si](C)(C)C(C)(C)C. The lowest BCUT2D eigenvalue weighted by Crippen LogP contribution is -2.50. The van der Waals surface area contributed by atoms with Crippen molar-refractivity contribution in [1.82, 2.24) is 0 Å². The standard InChI is InChI=1S/C24H46O3Si2/c1-12-13-14-18-19(25)15-17-16-20(26-28(8,9)23(2,3)4)22(21(17)18)27-29(10,11)24(5,6)7/h17,20,22H,12-16H2,1-11H3/t17-,20+,22-/m1/s1. The van der Waals surface area contributed by atoms with Gasteiger partial charge in [-0.3, -0.25) is 4.79 Å². The van der Waals surface area contributed by atoms with Crippen molar-refractivity contribution < 1.29 is 13.6 Å². The van der Waals surface area contributed by atoms with Crippen LogP contribution < -0.4 is 0 Å². The minimum absolute atomic E-state index is 0.0340. The van der Waals surface area contributed by atoms with Crippen molar-refractivity contribution in [3.63, 3.8) is 0 Å². The van der Waals surface area contributed by atoms with Gasteiger partial charge in [0.25, 0.3) is 0 Å². The molecule has 3 nitrogen and oxygen atoms in total. The van der Waals surface area contributed by atoms with Crippen molar-refractivity contribution in [2.75, 3.05) is 0 Å². The Kier molecular flexibility index (Phi) is 7.22. The fraction of sp³-hybridized carbons (Fsp3) is 0.875. The van der Waals surface area contributed by atoms with Crippen molar-refractivity contribution in [1.29, 1.82) is 0 Å². The molecule has 0 radical (unpaired) electrons. The predicted octanol–water partition coefficient (Wildman–Crippen LogP) is 7.25. The molecule has 0 amide bonds. The third kappa shape index (κ3) is 5.16. The highest BCUT2D eigenvalue weighted by molar-refractivity contribution is 6.74. The Morgan fingerprint density at radius 2 is 1.45 bits per heavy atom. The van der Waals surface area contributed by atoms with E-state index in [-0.39, 0.29) is 22.3 Å². The number of ketones is 1. The van der Waals surface area contributed by atoms with Crippen LogP contribution >= 0.6 is 0 Å². The molecule has 5 heteroatoms. The van der Waals surface area contributed by atoms with Crippen LogP contribution in [0.1, 0.15) is 80.6 Å². The second-order valence-electron chi connectivity index (χ2n) is 12.3. The molecule has 0 spiro atoms. The second kappa shape index (κ2) is 8.36. The van der Waals surface area contributed by atoms with E-state index in [9.17, 15) is 4.79 Å². The van der Waals surface area contributed by atoms with E-state index in [0.717, 1.165) is 31.3 Å². The highest BCUT2D eigenvalue weighted by Crippen LogP contribution is 2.50. The van der Waals surface area contributed by atoms with E-state index in [4.69, 9.17) is 8.85 Å². The summed E-state index contributed by atoms with van der Waals surface area (Å²) >= 11 is 0. The topological polar surface area (TPSA) is 35.5 Å². The molecule has 0 aliphatic heterocycles. The first-order valence-corrected chi connectivity index (χ1v) is 17.4. The van der Waals surface area contributed by atoms with Crippen molar-refractivity contribution in [2.45, 2.75) is 129 Å². The maximum Gasteiger partial charge on any atom is 0.193 e. The first-order valence-electron chi connectivity index (χ1n) is 11.6. The van der Waals surface area contributed by atoms with Gasteiger partial charge < -0.3 is 8.85 Å². The highest BCUT2D eigenvalue weighted by atomic mass is 28.4. The molecule has 0 aromatic heterocycles. The maximum atomic E-state index is 12.8. The second-order valence-corrected chi connectivity index (χ2v) is 21.8. The Bertz CT molecular complexity index is 650. The zero-order valence-corrected chi connectivity index (χ0v) is 23.0. The van der Waals surface area contributed by atoms with Gasteiger partial charge in [-0.2, -0.15) is 0 Å². The first-order chi connectivity index (χ1) is 13.0. The summed E-state index contributed by atoms with van der Waals surface area (Å²) in [6.07, 6.45) is 4.78. The van der Waals surface area contributed by atoms with E-state index in [1.54, 1.807) is 0 Å². The minimum atomic E-state index is -1.99. The van der Waals surface area contributed by atoms with Gasteiger partial charge in [0, 0.05) is 6.42 Å². The van der Waals surface area contributed by atoms with E-state index >= 15 is 0 Å². The first kappa shape index (κ1) is 25.0. The predicted molar refractivity (Wildman–Crippen MR) is 128 cm³/mol. The lowest BCUT2D eigenvalue weighted by atomic mass is 10.0. The van der Waals surface area contributed by atoms with Gasteiger partial charge in [0.05, 0.1) is 12.2 Å². The molecule has 0 unspecified atom stereocenters. The third-order valence-electron chi connectivity index (χ3n) is 7.98. The maximum absolute atomic E-state index is 12.8. The molecule has 0 aromatic carbocycles. The molecule has 3 atom stereocenters. The molecule has 2 aliphatic carbocycles. The molecule has 29 heavy (non-hydrogen) atoms. The van der Waals surface area contributed by atoms with E-state index in [1.165, 1.54) is 5.57 Å². The Hall–Kier alpha value is -0.236. The normalized spacial score (nSPS) is 26.4. The monoisotopic (exact) mass is 438 g/mol. The van der Waals surface area contributed by atoms with Gasteiger partial charge >= 0.3 is 0 Å². The number of rotatable bonds is 7. The summed E-state index contributed by atoms with van der Waals surface area (Å²) in [5.74, 6) is 0.701. The highest BCUT2D eigenvalue weighted by Gasteiger charge is 2.53. The Labute approximate surface area is 182 Å². The summed E-state index contributed by atoms with van der Waals surface area (Å²) in [4.78, 5) is 12.8. The smallest absolute Gasteiger partial charge is 0.193 e. The van der Waals surface area contributed by atoms with Crippen LogP contribution in [-0.2, 0) is 13.6 Å². The number of unbranched alkanes of at least 4 members (excludes halogenated alkanes) is 1. The van der Waals surface area contributed by atoms with Crippen LogP contribution in [0.4, 0.5) is 0 Å². The number of hydrogen-bond acceptors (Lipinski definition) is 3. The average molecular weight is 439 g/mol. The number of Topliss-reactive ketones (excluding diaryl/α,β-unsaturated/α-hetero) is 1. The molecular formula is C24H46O3Si2. The van der Waals surface area contributed by atoms with Gasteiger partial charge in [-0.1, -0.05) is 54.9 Å². The summed E-state index contributed by atoms with van der Waals surface area (Å²) < 4.78 is 14.0. The van der Waals surface area contributed by atoms with Gasteiger partial charge in [0.2, 0.25) is 0 Å². The minimum Gasteiger partial charge on any atom is -0.411 e. The van der Waals surface area contributed by atoms with Crippen LogP contribution in [0, 0.1) is 5.92 Å². The molecule has 168 valence electrons. The molecule has 1 saturated carbocycles. The summed E-state index contributed by atoms with van der Waals surface area (Å²) in [6.45, 7) is 25.3. The van der Waals surface area contributed by atoms with Crippen molar-refractivity contribution in [2.24, 2.45) is 5.92 Å². The van der Waals surface area contributed by atoms with Crippen LogP contribution in [-0.4, -0.2) is 34.6 Å². The van der Waals surface area contributed by atoms with Crippen LogP contribution in [0.3, 0.4) is 0 Å². The summed E-state index contributed by atoms with van der Waals surface area (Å²) in [5.41, 5.74) is 2.40. The lowest BCUT2D eigenvalue weighted by molar-refractivity contribution is -0.115. The number of hydrogen-bond donors (Lipinski definition) is 0. The molecule has 0 heterocycles.